The fraction of sp³-hybridized carbons (Fsp3) is 0.889. The van der Waals surface area contributed by atoms with E-state index >= 15 is 0 Å². The second-order valence-electron chi connectivity index (χ2n) is 3.02. The summed E-state index contributed by atoms with van der Waals surface area (Å²) in [6.07, 6.45) is 0.895. The van der Waals surface area contributed by atoms with Crippen LogP contribution in [0.2, 0.25) is 0 Å². The van der Waals surface area contributed by atoms with Crippen LogP contribution in [-0.4, -0.2) is 24.8 Å². The van der Waals surface area contributed by atoms with Crippen molar-refractivity contribution in [1.29, 1.82) is 0 Å². The molecule has 0 aromatic heterocycles. The van der Waals surface area contributed by atoms with E-state index in [1.807, 2.05) is 20.8 Å². The molecular weight excluding hydrogens is 156 g/mol. The van der Waals surface area contributed by atoms with E-state index in [-0.39, 0.29) is 18.2 Å². The standard InChI is InChI=1S/C9H18O3/c1-5-9(12-8(4)10)6-11-7(2)3/h7,9H,5-6H2,1-4H3. The first-order valence-corrected chi connectivity index (χ1v) is 4.35. The Labute approximate surface area is 74.0 Å². The van der Waals surface area contributed by atoms with Crippen molar-refractivity contribution in [3.8, 4) is 0 Å². The molecule has 0 aliphatic heterocycles. The predicted octanol–water partition coefficient (Wildman–Crippen LogP) is 1.75. The third-order valence-corrected chi connectivity index (χ3v) is 1.40. The Bertz CT molecular complexity index is 132. The van der Waals surface area contributed by atoms with Gasteiger partial charge in [-0.15, -0.1) is 0 Å². The van der Waals surface area contributed by atoms with E-state index in [4.69, 9.17) is 9.47 Å². The summed E-state index contributed by atoms with van der Waals surface area (Å²) in [6.45, 7) is 7.80. The molecule has 0 aromatic carbocycles. The van der Waals surface area contributed by atoms with Crippen LogP contribution in [0.15, 0.2) is 0 Å². The van der Waals surface area contributed by atoms with E-state index in [0.29, 0.717) is 6.61 Å². The van der Waals surface area contributed by atoms with Gasteiger partial charge in [-0.2, -0.15) is 0 Å². The highest BCUT2D eigenvalue weighted by atomic mass is 16.6. The van der Waals surface area contributed by atoms with E-state index in [0.717, 1.165) is 6.42 Å². The van der Waals surface area contributed by atoms with Crippen molar-refractivity contribution in [3.05, 3.63) is 0 Å². The molecule has 0 aromatic rings. The second kappa shape index (κ2) is 6.00. The molecule has 1 unspecified atom stereocenters. The highest BCUT2D eigenvalue weighted by Crippen LogP contribution is 2.01. The van der Waals surface area contributed by atoms with Gasteiger partial charge in [0.05, 0.1) is 12.7 Å². The van der Waals surface area contributed by atoms with Crippen LogP contribution in [0.3, 0.4) is 0 Å². The maximum absolute atomic E-state index is 10.6. The molecule has 0 radical (unpaired) electrons. The number of hydrogen-bond acceptors (Lipinski definition) is 3. The fourth-order valence-electron chi connectivity index (χ4n) is 0.770. The Hall–Kier alpha value is -0.570. The maximum Gasteiger partial charge on any atom is 0.302 e. The molecule has 0 heterocycles. The lowest BCUT2D eigenvalue weighted by Crippen LogP contribution is -2.23. The zero-order valence-corrected chi connectivity index (χ0v) is 8.29. The predicted molar refractivity (Wildman–Crippen MR) is 46.9 cm³/mol. The molecule has 0 saturated heterocycles. The lowest BCUT2D eigenvalue weighted by atomic mass is 10.3. The van der Waals surface area contributed by atoms with E-state index in [2.05, 4.69) is 0 Å². The first kappa shape index (κ1) is 11.4. The Morgan fingerprint density at radius 3 is 2.33 bits per heavy atom. The van der Waals surface area contributed by atoms with E-state index < -0.39 is 0 Å². The van der Waals surface area contributed by atoms with Crippen molar-refractivity contribution in [3.63, 3.8) is 0 Å². The Morgan fingerprint density at radius 1 is 1.42 bits per heavy atom. The quantitative estimate of drug-likeness (QED) is 0.596. The van der Waals surface area contributed by atoms with Crippen molar-refractivity contribution in [1.82, 2.24) is 0 Å². The molecule has 1 atom stereocenters. The van der Waals surface area contributed by atoms with Gasteiger partial charge in [-0.3, -0.25) is 4.79 Å². The van der Waals surface area contributed by atoms with Crippen molar-refractivity contribution < 1.29 is 14.3 Å². The first-order chi connectivity index (χ1) is 5.56. The van der Waals surface area contributed by atoms with Gasteiger partial charge in [-0.25, -0.2) is 0 Å². The molecule has 0 N–H and O–H groups in total. The van der Waals surface area contributed by atoms with Crippen molar-refractivity contribution in [2.75, 3.05) is 6.61 Å². The molecule has 0 saturated carbocycles. The topological polar surface area (TPSA) is 35.5 Å². The molecule has 0 amide bonds. The molecule has 0 bridgehead atoms. The number of hydrogen-bond donors (Lipinski definition) is 0. The minimum absolute atomic E-state index is 0.0927. The van der Waals surface area contributed by atoms with Gasteiger partial charge in [0.2, 0.25) is 0 Å². The molecule has 0 aliphatic rings. The Kier molecular flexibility index (Phi) is 5.72. The molecule has 72 valence electrons. The minimum Gasteiger partial charge on any atom is -0.460 e. The first-order valence-electron chi connectivity index (χ1n) is 4.35. The van der Waals surface area contributed by atoms with Gasteiger partial charge < -0.3 is 9.47 Å². The molecule has 3 nitrogen and oxygen atoms in total. The van der Waals surface area contributed by atoms with Gasteiger partial charge >= 0.3 is 5.97 Å². The smallest absolute Gasteiger partial charge is 0.302 e. The molecule has 0 spiro atoms. The largest absolute Gasteiger partial charge is 0.460 e. The second-order valence-corrected chi connectivity index (χ2v) is 3.02. The molecule has 0 aliphatic carbocycles. The average Bonchev–Trinajstić information content (AvgIpc) is 1.97. The van der Waals surface area contributed by atoms with Crippen LogP contribution in [0.5, 0.6) is 0 Å². The van der Waals surface area contributed by atoms with Crippen LogP contribution in [0.25, 0.3) is 0 Å². The summed E-state index contributed by atoms with van der Waals surface area (Å²) in [7, 11) is 0. The summed E-state index contributed by atoms with van der Waals surface area (Å²) in [5.41, 5.74) is 0. The van der Waals surface area contributed by atoms with Crippen LogP contribution >= 0.6 is 0 Å². The van der Waals surface area contributed by atoms with Gasteiger partial charge in [0.15, 0.2) is 0 Å². The molecular formula is C9H18O3. The average molecular weight is 174 g/mol. The summed E-state index contributed by atoms with van der Waals surface area (Å²) in [6, 6.07) is 0. The molecule has 0 fully saturated rings. The van der Waals surface area contributed by atoms with Gasteiger partial charge in [0.25, 0.3) is 0 Å². The van der Waals surface area contributed by atoms with E-state index in [9.17, 15) is 4.79 Å². The van der Waals surface area contributed by atoms with Crippen molar-refractivity contribution in [2.45, 2.75) is 46.3 Å². The highest BCUT2D eigenvalue weighted by molar-refractivity contribution is 5.66. The normalized spacial score (nSPS) is 13.1. The summed E-state index contributed by atoms with van der Waals surface area (Å²) < 4.78 is 10.3. The SMILES string of the molecule is CCC(COC(C)C)OC(C)=O. The number of ether oxygens (including phenoxy) is 2. The summed E-state index contributed by atoms with van der Waals surface area (Å²) >= 11 is 0. The van der Waals surface area contributed by atoms with Crippen molar-refractivity contribution >= 4 is 5.97 Å². The van der Waals surface area contributed by atoms with E-state index in [1.165, 1.54) is 6.92 Å². The monoisotopic (exact) mass is 174 g/mol. The Balaban J connectivity index is 3.60. The van der Waals surface area contributed by atoms with Crippen LogP contribution in [0.4, 0.5) is 0 Å². The zero-order chi connectivity index (χ0) is 9.56. The number of esters is 1. The fourth-order valence-corrected chi connectivity index (χ4v) is 0.770. The van der Waals surface area contributed by atoms with Crippen LogP contribution in [0, 0.1) is 0 Å². The number of carbonyl (C=O) groups excluding carboxylic acids is 1. The number of rotatable bonds is 5. The number of carbonyl (C=O) groups is 1. The minimum atomic E-state index is -0.241. The lowest BCUT2D eigenvalue weighted by Gasteiger charge is -2.16. The van der Waals surface area contributed by atoms with Crippen LogP contribution < -0.4 is 0 Å². The third-order valence-electron chi connectivity index (χ3n) is 1.40. The van der Waals surface area contributed by atoms with Gasteiger partial charge in [-0.1, -0.05) is 6.92 Å². The van der Waals surface area contributed by atoms with Crippen molar-refractivity contribution in [2.24, 2.45) is 0 Å². The van der Waals surface area contributed by atoms with Gasteiger partial charge in [0.1, 0.15) is 6.10 Å². The lowest BCUT2D eigenvalue weighted by molar-refractivity contribution is -0.150. The highest BCUT2D eigenvalue weighted by Gasteiger charge is 2.09. The summed E-state index contributed by atoms with van der Waals surface area (Å²) in [4.78, 5) is 10.6. The van der Waals surface area contributed by atoms with Crippen LogP contribution in [0.1, 0.15) is 34.1 Å². The Morgan fingerprint density at radius 2 is 2.00 bits per heavy atom. The summed E-state index contributed by atoms with van der Waals surface area (Å²) in [5, 5.41) is 0. The molecule has 3 heteroatoms. The van der Waals surface area contributed by atoms with Gasteiger partial charge in [-0.05, 0) is 20.3 Å². The third kappa shape index (κ3) is 6.16. The maximum atomic E-state index is 10.6. The van der Waals surface area contributed by atoms with Gasteiger partial charge in [0, 0.05) is 6.92 Å². The molecule has 0 rings (SSSR count). The molecule has 12 heavy (non-hydrogen) atoms. The zero-order valence-electron chi connectivity index (χ0n) is 8.29. The summed E-state index contributed by atoms with van der Waals surface area (Å²) in [5.74, 6) is -0.241. The van der Waals surface area contributed by atoms with E-state index in [1.54, 1.807) is 0 Å². The van der Waals surface area contributed by atoms with Crippen LogP contribution in [-0.2, 0) is 14.3 Å².